The molecule has 2 aliphatic rings. The number of rotatable bonds is 12. The molecule has 0 aromatic heterocycles. The number of aryl methyl sites for hydroxylation is 2. The molecule has 0 bridgehead atoms. The van der Waals surface area contributed by atoms with E-state index in [1.165, 1.54) is 24.3 Å². The Hall–Kier alpha value is -6.61. The molecule has 2 amide bonds. The van der Waals surface area contributed by atoms with E-state index in [0.29, 0.717) is 62.7 Å². The minimum atomic E-state index is -0.699. The van der Waals surface area contributed by atoms with Gasteiger partial charge in [-0.2, -0.15) is 48.5 Å². The van der Waals surface area contributed by atoms with Crippen LogP contribution in [0.25, 0.3) is 0 Å². The van der Waals surface area contributed by atoms with E-state index in [9.17, 15) is 27.2 Å². The van der Waals surface area contributed by atoms with Gasteiger partial charge in [-0.3, -0.25) is 9.59 Å². The van der Waals surface area contributed by atoms with Crippen LogP contribution in [-0.2, 0) is 55.2 Å². The molecule has 0 saturated carbocycles. The third-order valence-corrected chi connectivity index (χ3v) is 13.0. The van der Waals surface area contributed by atoms with Crippen molar-refractivity contribution >= 4 is 11.8 Å². The number of piperidine rings is 2. The average Bonchev–Trinajstić information content (AvgIpc) is 4.19. The fourth-order valence-electron chi connectivity index (χ4n) is 9.81. The Kier molecular flexibility index (Phi) is 20.5. The second-order valence-electron chi connectivity index (χ2n) is 17.4. The quantitative estimate of drug-likeness (QED) is 0.0695. The Balaban J connectivity index is 0.000000191. The first-order valence-corrected chi connectivity index (χ1v) is 24.1. The van der Waals surface area contributed by atoms with Crippen LogP contribution in [0.2, 0.25) is 0 Å². The Bertz CT molecular complexity index is 2470. The number of hydrogen-bond donors (Lipinski definition) is 0. The van der Waals surface area contributed by atoms with Gasteiger partial charge in [-0.05, 0) is 60.8 Å². The molecule has 0 aliphatic carbocycles. The van der Waals surface area contributed by atoms with Crippen LogP contribution in [0.4, 0.5) is 17.6 Å². The molecule has 0 N–H and O–H groups in total. The minimum Gasteiger partial charge on any atom is -0.329 e. The van der Waals surface area contributed by atoms with Crippen LogP contribution in [0.5, 0.6) is 0 Å². The zero-order valence-corrected chi connectivity index (χ0v) is 41.4. The molecule has 8 aromatic carbocycles. The molecule has 4 nitrogen and oxygen atoms in total. The van der Waals surface area contributed by atoms with Crippen LogP contribution in [0.15, 0.2) is 206 Å². The molecule has 0 atom stereocenters. The zero-order chi connectivity index (χ0) is 49.0. The van der Waals surface area contributed by atoms with E-state index in [0.717, 1.165) is 47.9 Å². The second-order valence-corrected chi connectivity index (χ2v) is 17.4. The first kappa shape index (κ1) is 53.7. The van der Waals surface area contributed by atoms with Gasteiger partial charge in [-0.25, -0.2) is 41.8 Å². The summed E-state index contributed by atoms with van der Waals surface area (Å²) in [6, 6.07) is 70.1. The molecule has 71 heavy (non-hydrogen) atoms. The van der Waals surface area contributed by atoms with Gasteiger partial charge < -0.3 is 9.80 Å². The summed E-state index contributed by atoms with van der Waals surface area (Å²) in [6.45, 7) is 0.999. The molecule has 0 unspecified atom stereocenters. The van der Waals surface area contributed by atoms with Crippen LogP contribution in [0, 0.1) is 35.4 Å². The summed E-state index contributed by atoms with van der Waals surface area (Å²) in [5.74, 6) is -2.49. The molecule has 0 radical (unpaired) electrons. The van der Waals surface area contributed by atoms with Gasteiger partial charge in [0, 0.05) is 49.2 Å². The SMILES string of the molecule is O=C1CCCC(c2ccccc2)(c2ccccc2)N1CCCc1ccc(F)[c-]c1F.O=C1CCCC(c2ccccc2)(c2ccccc2)N1CCCc1ccc(F)[c-]c1F.[Ti+4].c1cc[cH-]c1.c1cc[cH-]c1. The maximum Gasteiger partial charge on any atom is 4.00 e. The molecule has 2 aliphatic heterocycles. The van der Waals surface area contributed by atoms with Crippen molar-refractivity contribution in [3.8, 4) is 0 Å². The molecule has 9 heteroatoms. The van der Waals surface area contributed by atoms with Crippen molar-refractivity contribution in [2.75, 3.05) is 13.1 Å². The monoisotopic (exact) mass is 986 g/mol. The number of halogens is 4. The molecule has 2 fully saturated rings. The fourth-order valence-corrected chi connectivity index (χ4v) is 9.81. The molecule has 360 valence electrons. The molecular weight excluding hydrogens is 929 g/mol. The third kappa shape index (κ3) is 13.8. The van der Waals surface area contributed by atoms with E-state index < -0.39 is 34.3 Å². The number of benzene rings is 6. The zero-order valence-electron chi connectivity index (χ0n) is 39.8. The largest absolute Gasteiger partial charge is 4.00 e. The first-order valence-electron chi connectivity index (χ1n) is 24.1. The summed E-state index contributed by atoms with van der Waals surface area (Å²) in [4.78, 5) is 30.1. The summed E-state index contributed by atoms with van der Waals surface area (Å²) < 4.78 is 54.3. The van der Waals surface area contributed by atoms with Gasteiger partial charge >= 0.3 is 21.7 Å². The molecule has 2 heterocycles. The van der Waals surface area contributed by atoms with Crippen LogP contribution < -0.4 is 0 Å². The Morgan fingerprint density at radius 2 is 0.746 bits per heavy atom. The van der Waals surface area contributed by atoms with Gasteiger partial charge in [0.25, 0.3) is 0 Å². The minimum absolute atomic E-state index is 0. The third-order valence-electron chi connectivity index (χ3n) is 13.0. The normalized spacial score (nSPS) is 14.6. The van der Waals surface area contributed by atoms with E-state index in [1.807, 2.05) is 143 Å². The van der Waals surface area contributed by atoms with Crippen molar-refractivity contribution in [3.05, 3.63) is 275 Å². The van der Waals surface area contributed by atoms with E-state index >= 15 is 0 Å². The summed E-state index contributed by atoms with van der Waals surface area (Å²) in [6.07, 6.45) is 6.36. The van der Waals surface area contributed by atoms with Crippen LogP contribution in [0.3, 0.4) is 0 Å². The molecule has 0 spiro atoms. The van der Waals surface area contributed by atoms with Crippen molar-refractivity contribution in [1.82, 2.24) is 9.80 Å². The maximum absolute atomic E-state index is 14.0. The Morgan fingerprint density at radius 1 is 0.437 bits per heavy atom. The van der Waals surface area contributed by atoms with Crippen molar-refractivity contribution in [2.45, 2.75) is 75.3 Å². The number of carbonyl (C=O) groups is 2. The van der Waals surface area contributed by atoms with Crippen molar-refractivity contribution < 1.29 is 48.9 Å². The molecule has 2 saturated heterocycles. The molecule has 8 aromatic rings. The Labute approximate surface area is 431 Å². The van der Waals surface area contributed by atoms with E-state index in [4.69, 9.17) is 0 Å². The molecular formula is C62H58F4N2O2Ti. The Morgan fingerprint density at radius 3 is 1.01 bits per heavy atom. The van der Waals surface area contributed by atoms with Crippen molar-refractivity contribution in [1.29, 1.82) is 0 Å². The summed E-state index contributed by atoms with van der Waals surface area (Å²) in [5, 5.41) is 0. The topological polar surface area (TPSA) is 40.6 Å². The first-order chi connectivity index (χ1) is 34.2. The van der Waals surface area contributed by atoms with Gasteiger partial charge in [0.2, 0.25) is 11.8 Å². The van der Waals surface area contributed by atoms with Crippen molar-refractivity contribution in [2.24, 2.45) is 0 Å². The van der Waals surface area contributed by atoms with Crippen molar-refractivity contribution in [3.63, 3.8) is 0 Å². The summed E-state index contributed by atoms with van der Waals surface area (Å²) in [7, 11) is 0. The standard InChI is InChI=1S/2C26H24F2NO.2C5H5.Ti/c2*27-23-16-15-20(24(28)19-23)9-8-18-29-25(30)14-7-17-26(29,21-10-3-1-4-11-21)22-12-5-2-6-13-22;2*1-2-4-5-3-1;/h2*1-6,10-13,15-16H,7-9,14,17-18H2;2*1-5H;/q4*-1;+4. The predicted molar refractivity (Wildman–Crippen MR) is 270 cm³/mol. The van der Waals surface area contributed by atoms with E-state index in [1.54, 1.807) is 0 Å². The number of hydrogen-bond acceptors (Lipinski definition) is 2. The van der Waals surface area contributed by atoms with Crippen LogP contribution in [-0.4, -0.2) is 34.7 Å². The fraction of sp³-hybridized carbons (Fsp3) is 0.226. The number of amides is 2. The van der Waals surface area contributed by atoms with Gasteiger partial charge in [0.15, 0.2) is 0 Å². The van der Waals surface area contributed by atoms with Gasteiger partial charge in [-0.1, -0.05) is 134 Å². The average molecular weight is 987 g/mol. The summed E-state index contributed by atoms with van der Waals surface area (Å²) >= 11 is 0. The number of nitrogens with zero attached hydrogens (tertiary/aromatic N) is 2. The van der Waals surface area contributed by atoms with Gasteiger partial charge in [-0.15, -0.1) is 35.4 Å². The van der Waals surface area contributed by atoms with Crippen LogP contribution in [0.1, 0.15) is 84.7 Å². The summed E-state index contributed by atoms with van der Waals surface area (Å²) in [5.41, 5.74) is 4.13. The maximum atomic E-state index is 14.0. The van der Waals surface area contributed by atoms with Gasteiger partial charge in [0.1, 0.15) is 0 Å². The van der Waals surface area contributed by atoms with E-state index in [-0.39, 0.29) is 33.5 Å². The van der Waals surface area contributed by atoms with E-state index in [2.05, 4.69) is 60.7 Å². The van der Waals surface area contributed by atoms with Gasteiger partial charge in [0.05, 0.1) is 11.1 Å². The smallest absolute Gasteiger partial charge is 0.329 e. The predicted octanol–water partition coefficient (Wildman–Crippen LogP) is 14.1. The second kappa shape index (κ2) is 27.1. The van der Waals surface area contributed by atoms with Crippen LogP contribution >= 0.6 is 0 Å². The number of likely N-dealkylation sites (tertiary alicyclic amines) is 2. The number of carbonyl (C=O) groups excluding carboxylic acids is 2. The molecule has 10 rings (SSSR count).